The van der Waals surface area contributed by atoms with E-state index >= 15 is 0 Å². The highest BCUT2D eigenvalue weighted by Gasteiger charge is 2.36. The molecule has 2 N–H and O–H groups in total. The monoisotopic (exact) mass is 246 g/mol. The normalized spacial score (nSPS) is 30.4. The zero-order valence-electron chi connectivity index (χ0n) is 9.96. The van der Waals surface area contributed by atoms with Crippen LogP contribution in [0.5, 0.6) is 0 Å². The standard InChI is InChI=1S/C11H22N2O2S/c1-11(6-2-3-7-11)13-16(14,15)10-5-4-8-12-9-10/h10,12-13H,2-9H2,1H3. The summed E-state index contributed by atoms with van der Waals surface area (Å²) < 4.78 is 27.3. The second-order valence-electron chi connectivity index (χ2n) is 5.38. The van der Waals surface area contributed by atoms with Crippen LogP contribution in [0, 0.1) is 0 Å². The second kappa shape index (κ2) is 4.63. The van der Waals surface area contributed by atoms with E-state index < -0.39 is 10.0 Å². The molecule has 1 saturated heterocycles. The van der Waals surface area contributed by atoms with Gasteiger partial charge in [0, 0.05) is 12.1 Å². The molecule has 2 aliphatic rings. The van der Waals surface area contributed by atoms with Gasteiger partial charge in [-0.3, -0.25) is 0 Å². The van der Waals surface area contributed by atoms with Crippen molar-refractivity contribution in [2.45, 2.75) is 56.2 Å². The molecule has 0 radical (unpaired) electrons. The van der Waals surface area contributed by atoms with Crippen molar-refractivity contribution in [1.82, 2.24) is 10.0 Å². The first-order chi connectivity index (χ1) is 7.52. The number of hydrogen-bond acceptors (Lipinski definition) is 3. The van der Waals surface area contributed by atoms with Gasteiger partial charge >= 0.3 is 0 Å². The fourth-order valence-electron chi connectivity index (χ4n) is 2.77. The highest BCUT2D eigenvalue weighted by Crippen LogP contribution is 2.30. The first-order valence-electron chi connectivity index (χ1n) is 6.25. The number of sulfonamides is 1. The van der Waals surface area contributed by atoms with E-state index in [0.29, 0.717) is 6.54 Å². The maximum Gasteiger partial charge on any atom is 0.216 e. The van der Waals surface area contributed by atoms with Crippen molar-refractivity contribution in [2.75, 3.05) is 13.1 Å². The molecule has 1 atom stereocenters. The summed E-state index contributed by atoms with van der Waals surface area (Å²) in [6.45, 7) is 3.59. The molecule has 5 heteroatoms. The van der Waals surface area contributed by atoms with Crippen LogP contribution in [-0.2, 0) is 10.0 Å². The Labute approximate surface area is 98.2 Å². The van der Waals surface area contributed by atoms with Gasteiger partial charge in [0.05, 0.1) is 5.25 Å². The summed E-state index contributed by atoms with van der Waals surface area (Å²) in [5.41, 5.74) is -0.184. The molecule has 94 valence electrons. The molecule has 2 fully saturated rings. The van der Waals surface area contributed by atoms with E-state index in [9.17, 15) is 8.42 Å². The molecule has 4 nitrogen and oxygen atoms in total. The molecule has 16 heavy (non-hydrogen) atoms. The van der Waals surface area contributed by atoms with E-state index in [1.54, 1.807) is 0 Å². The van der Waals surface area contributed by atoms with Crippen molar-refractivity contribution >= 4 is 10.0 Å². The van der Waals surface area contributed by atoms with Crippen LogP contribution in [-0.4, -0.2) is 32.3 Å². The van der Waals surface area contributed by atoms with Gasteiger partial charge in [-0.25, -0.2) is 13.1 Å². The molecule has 0 amide bonds. The van der Waals surface area contributed by atoms with E-state index in [1.165, 1.54) is 0 Å². The molecule has 0 aromatic carbocycles. The van der Waals surface area contributed by atoms with E-state index in [0.717, 1.165) is 45.1 Å². The summed E-state index contributed by atoms with van der Waals surface area (Å²) in [5, 5.41) is 2.92. The third-order valence-electron chi connectivity index (χ3n) is 3.79. The number of piperidine rings is 1. The van der Waals surface area contributed by atoms with Gasteiger partial charge in [-0.15, -0.1) is 0 Å². The molecular weight excluding hydrogens is 224 g/mol. The van der Waals surface area contributed by atoms with Gasteiger partial charge in [0.1, 0.15) is 0 Å². The third-order valence-corrected chi connectivity index (χ3v) is 5.84. The van der Waals surface area contributed by atoms with Gasteiger partial charge in [-0.05, 0) is 39.2 Å². The Kier molecular flexibility index (Phi) is 3.56. The summed E-state index contributed by atoms with van der Waals surface area (Å²) in [6.07, 6.45) is 5.99. The largest absolute Gasteiger partial charge is 0.315 e. The fourth-order valence-corrected chi connectivity index (χ4v) is 4.64. The minimum absolute atomic E-state index is 0.184. The highest BCUT2D eigenvalue weighted by molar-refractivity contribution is 7.90. The summed E-state index contributed by atoms with van der Waals surface area (Å²) in [4.78, 5) is 0. The molecule has 1 unspecified atom stereocenters. The van der Waals surface area contributed by atoms with Crippen LogP contribution in [0.1, 0.15) is 45.4 Å². The molecule has 0 bridgehead atoms. The lowest BCUT2D eigenvalue weighted by Crippen LogP contribution is -2.51. The van der Waals surface area contributed by atoms with Crippen molar-refractivity contribution in [2.24, 2.45) is 0 Å². The quantitative estimate of drug-likeness (QED) is 0.781. The van der Waals surface area contributed by atoms with Crippen LogP contribution in [0.4, 0.5) is 0 Å². The molecule has 1 aliphatic heterocycles. The van der Waals surface area contributed by atoms with E-state index in [4.69, 9.17) is 0 Å². The summed E-state index contributed by atoms with van der Waals surface area (Å²) in [5.74, 6) is 0. The SMILES string of the molecule is CC1(NS(=O)(=O)C2CCCNC2)CCCC1. The molecule has 0 aromatic heterocycles. The zero-order chi connectivity index (χ0) is 11.6. The van der Waals surface area contributed by atoms with Crippen LogP contribution in [0.25, 0.3) is 0 Å². The van der Waals surface area contributed by atoms with Gasteiger partial charge in [0.25, 0.3) is 0 Å². The topological polar surface area (TPSA) is 58.2 Å². The second-order valence-corrected chi connectivity index (χ2v) is 7.34. The maximum absolute atomic E-state index is 12.2. The summed E-state index contributed by atoms with van der Waals surface area (Å²) in [6, 6.07) is 0. The van der Waals surface area contributed by atoms with Crippen LogP contribution >= 0.6 is 0 Å². The lowest BCUT2D eigenvalue weighted by molar-refractivity contribution is 0.414. The van der Waals surface area contributed by atoms with Crippen molar-refractivity contribution < 1.29 is 8.42 Å². The Morgan fingerprint density at radius 2 is 1.94 bits per heavy atom. The van der Waals surface area contributed by atoms with Gasteiger partial charge in [0.2, 0.25) is 10.0 Å². The summed E-state index contributed by atoms with van der Waals surface area (Å²) >= 11 is 0. The molecule has 1 heterocycles. The first-order valence-corrected chi connectivity index (χ1v) is 7.80. The van der Waals surface area contributed by atoms with Crippen LogP contribution < -0.4 is 10.0 Å². The molecule has 1 aliphatic carbocycles. The Bertz CT molecular complexity index is 328. The number of nitrogens with one attached hydrogen (secondary N) is 2. The van der Waals surface area contributed by atoms with Crippen LogP contribution in [0.2, 0.25) is 0 Å². The van der Waals surface area contributed by atoms with E-state index in [1.807, 2.05) is 6.92 Å². The third kappa shape index (κ3) is 2.76. The van der Waals surface area contributed by atoms with Crippen molar-refractivity contribution in [3.8, 4) is 0 Å². The van der Waals surface area contributed by atoms with E-state index in [-0.39, 0.29) is 10.8 Å². The lowest BCUT2D eigenvalue weighted by Gasteiger charge is -2.30. The Hall–Kier alpha value is -0.130. The number of rotatable bonds is 3. The van der Waals surface area contributed by atoms with Crippen LogP contribution in [0.3, 0.4) is 0 Å². The van der Waals surface area contributed by atoms with Gasteiger partial charge < -0.3 is 5.32 Å². The average Bonchev–Trinajstić information content (AvgIpc) is 2.65. The van der Waals surface area contributed by atoms with E-state index in [2.05, 4.69) is 10.0 Å². The molecule has 0 spiro atoms. The van der Waals surface area contributed by atoms with Gasteiger partial charge in [0.15, 0.2) is 0 Å². The predicted molar refractivity (Wildman–Crippen MR) is 64.8 cm³/mol. The van der Waals surface area contributed by atoms with Crippen molar-refractivity contribution in [1.29, 1.82) is 0 Å². The minimum atomic E-state index is -3.14. The van der Waals surface area contributed by atoms with Crippen molar-refractivity contribution in [3.63, 3.8) is 0 Å². The maximum atomic E-state index is 12.2. The summed E-state index contributed by atoms with van der Waals surface area (Å²) in [7, 11) is -3.14. The number of hydrogen-bond donors (Lipinski definition) is 2. The van der Waals surface area contributed by atoms with Crippen molar-refractivity contribution in [3.05, 3.63) is 0 Å². The molecule has 1 saturated carbocycles. The minimum Gasteiger partial charge on any atom is -0.315 e. The molecule has 2 rings (SSSR count). The van der Waals surface area contributed by atoms with Crippen LogP contribution in [0.15, 0.2) is 0 Å². The first kappa shape index (κ1) is 12.3. The average molecular weight is 246 g/mol. The highest BCUT2D eigenvalue weighted by atomic mass is 32.2. The molecular formula is C11H22N2O2S. The molecule has 0 aromatic rings. The lowest BCUT2D eigenvalue weighted by atomic mass is 10.0. The Morgan fingerprint density at radius 1 is 1.25 bits per heavy atom. The predicted octanol–water partition coefficient (Wildman–Crippen LogP) is 0.990. The van der Waals surface area contributed by atoms with Gasteiger partial charge in [-0.2, -0.15) is 0 Å². The Balaban J connectivity index is 2.01. The Morgan fingerprint density at radius 3 is 2.50 bits per heavy atom. The fraction of sp³-hybridized carbons (Fsp3) is 1.00. The smallest absolute Gasteiger partial charge is 0.216 e. The van der Waals surface area contributed by atoms with Gasteiger partial charge in [-0.1, -0.05) is 12.8 Å². The zero-order valence-corrected chi connectivity index (χ0v) is 10.8.